The molecule has 0 fully saturated rings. The van der Waals surface area contributed by atoms with Crippen LogP contribution in [0.15, 0.2) is 103 Å². The first kappa shape index (κ1) is 24.5. The lowest BCUT2D eigenvalue weighted by Crippen LogP contribution is -2.18. The summed E-state index contributed by atoms with van der Waals surface area (Å²) in [5.74, 6) is 1.66. The van der Waals surface area contributed by atoms with E-state index in [1.54, 1.807) is 24.2 Å². The van der Waals surface area contributed by atoms with Crippen molar-refractivity contribution in [3.8, 4) is 17.1 Å². The van der Waals surface area contributed by atoms with Gasteiger partial charge in [-0.05, 0) is 36.1 Å². The van der Waals surface area contributed by atoms with Gasteiger partial charge in [0.25, 0.3) is 0 Å². The fraction of sp³-hybridized carbons (Fsp3) is 0.133. The molecule has 3 aromatic carbocycles. The third kappa shape index (κ3) is 5.17. The number of hydrogen-bond donors (Lipinski definition) is 0. The maximum absolute atomic E-state index is 11.7. The minimum atomic E-state index is 0.684. The summed E-state index contributed by atoms with van der Waals surface area (Å²) in [6.45, 7) is 5.17. The van der Waals surface area contributed by atoms with Crippen molar-refractivity contribution in [1.82, 2.24) is 24.6 Å². The van der Waals surface area contributed by atoms with Crippen LogP contribution in [0.3, 0.4) is 0 Å². The quantitative estimate of drug-likeness (QED) is 0.125. The second-order valence-corrected chi connectivity index (χ2v) is 9.71. The summed E-state index contributed by atoms with van der Waals surface area (Å²) < 4.78 is 2.10. The number of benzene rings is 3. The molecule has 0 aliphatic carbocycles. The predicted molar refractivity (Wildman–Crippen MR) is 151 cm³/mol. The van der Waals surface area contributed by atoms with Crippen molar-refractivity contribution in [3.63, 3.8) is 0 Å². The lowest BCUT2D eigenvalue weighted by molar-refractivity contribution is 0.112. The number of hydrogen-bond acceptors (Lipinski definition) is 6. The van der Waals surface area contributed by atoms with Gasteiger partial charge in [0, 0.05) is 65.2 Å². The molecule has 5 rings (SSSR count). The van der Waals surface area contributed by atoms with Crippen LogP contribution in [0, 0.1) is 0 Å². The van der Waals surface area contributed by atoms with E-state index in [1.165, 1.54) is 0 Å². The topological polar surface area (TPSA) is 63.9 Å². The number of carbonyl (C=O) groups excluding carboxylic acids is 1. The number of aldehydes is 1. The smallest absolute Gasteiger partial charge is 0.196 e. The van der Waals surface area contributed by atoms with Crippen molar-refractivity contribution >= 4 is 34.5 Å². The van der Waals surface area contributed by atoms with Crippen LogP contribution in [0.4, 0.5) is 0 Å². The van der Waals surface area contributed by atoms with Crippen molar-refractivity contribution in [3.05, 3.63) is 109 Å². The Bertz CT molecular complexity index is 1530. The van der Waals surface area contributed by atoms with Gasteiger partial charge in [-0.1, -0.05) is 72.9 Å². The summed E-state index contributed by atoms with van der Waals surface area (Å²) in [6, 6.07) is 25.9. The number of fused-ring (bicyclic) bond motifs is 1. The first-order valence-electron chi connectivity index (χ1n) is 12.1. The highest BCUT2D eigenvalue weighted by Gasteiger charge is 2.16. The van der Waals surface area contributed by atoms with Crippen molar-refractivity contribution in [2.24, 2.45) is 0 Å². The van der Waals surface area contributed by atoms with Crippen molar-refractivity contribution in [2.45, 2.75) is 11.6 Å². The molecule has 2 aromatic heterocycles. The number of nitrogens with zero attached hydrogens (tertiary/aromatic N) is 5. The van der Waals surface area contributed by atoms with Gasteiger partial charge in [-0.2, -0.15) is 0 Å². The Balaban J connectivity index is 1.29. The molecule has 0 spiro atoms. The highest BCUT2D eigenvalue weighted by Crippen LogP contribution is 2.30. The number of thioether (sulfide) groups is 1. The minimum absolute atomic E-state index is 0.684. The van der Waals surface area contributed by atoms with E-state index in [9.17, 15) is 4.79 Å². The zero-order valence-electron chi connectivity index (χ0n) is 20.6. The van der Waals surface area contributed by atoms with E-state index >= 15 is 0 Å². The fourth-order valence-electron chi connectivity index (χ4n) is 4.38. The molecular formula is C30H27N5OS. The Morgan fingerprint density at radius 3 is 2.49 bits per heavy atom. The van der Waals surface area contributed by atoms with Gasteiger partial charge in [0.1, 0.15) is 0 Å². The largest absolute Gasteiger partial charge is 0.375 e. The van der Waals surface area contributed by atoms with E-state index in [1.807, 2.05) is 73.8 Å². The molecule has 7 heteroatoms. The zero-order chi connectivity index (χ0) is 25.6. The molecule has 0 atom stereocenters. The van der Waals surface area contributed by atoms with Gasteiger partial charge in [0.05, 0.1) is 0 Å². The van der Waals surface area contributed by atoms with Crippen LogP contribution < -0.4 is 0 Å². The Morgan fingerprint density at radius 2 is 1.73 bits per heavy atom. The zero-order valence-corrected chi connectivity index (χ0v) is 21.4. The molecule has 0 unspecified atom stereocenters. The molecule has 0 aliphatic rings. The summed E-state index contributed by atoms with van der Waals surface area (Å²) in [7, 11) is 2.05. The van der Waals surface area contributed by atoms with Gasteiger partial charge in [-0.15, -0.1) is 10.2 Å². The molecule has 0 aliphatic heterocycles. The van der Waals surface area contributed by atoms with Gasteiger partial charge >= 0.3 is 0 Å². The van der Waals surface area contributed by atoms with E-state index in [4.69, 9.17) is 0 Å². The highest BCUT2D eigenvalue weighted by molar-refractivity contribution is 7.99. The highest BCUT2D eigenvalue weighted by atomic mass is 32.2. The lowest BCUT2D eigenvalue weighted by atomic mass is 9.98. The van der Waals surface area contributed by atoms with Crippen LogP contribution >= 0.6 is 11.8 Å². The third-order valence-corrected chi connectivity index (χ3v) is 7.31. The molecule has 0 saturated heterocycles. The van der Waals surface area contributed by atoms with Crippen molar-refractivity contribution < 1.29 is 4.79 Å². The van der Waals surface area contributed by atoms with Crippen molar-refractivity contribution in [1.29, 1.82) is 0 Å². The predicted octanol–water partition coefficient (Wildman–Crippen LogP) is 6.38. The summed E-state index contributed by atoms with van der Waals surface area (Å²) in [5.41, 5.74) is 4.57. The van der Waals surface area contributed by atoms with Gasteiger partial charge in [-0.3, -0.25) is 14.3 Å². The Hall–Kier alpha value is -4.23. The Labute approximate surface area is 220 Å². The monoisotopic (exact) mass is 505 g/mol. The van der Waals surface area contributed by atoms with Crippen molar-refractivity contribution in [2.75, 3.05) is 19.3 Å². The second-order valence-electron chi connectivity index (χ2n) is 8.65. The summed E-state index contributed by atoms with van der Waals surface area (Å²) in [6.07, 6.45) is 5.38. The SMILES string of the molecule is C=C(c1cccc2cccc(C=O)c12)N(C)CCCSc1nnc(-c2ccncc2)n1-c1ccccc1. The van der Waals surface area contributed by atoms with Gasteiger partial charge in [0.2, 0.25) is 0 Å². The third-order valence-electron chi connectivity index (χ3n) is 6.29. The maximum atomic E-state index is 11.7. The molecule has 0 saturated carbocycles. The van der Waals surface area contributed by atoms with Crippen LogP contribution in [0.25, 0.3) is 33.5 Å². The first-order chi connectivity index (χ1) is 18.2. The number of rotatable bonds is 10. The molecule has 2 heterocycles. The van der Waals surface area contributed by atoms with Crippen LogP contribution in [0.1, 0.15) is 22.3 Å². The number of carbonyl (C=O) groups is 1. The van der Waals surface area contributed by atoms with E-state index in [-0.39, 0.29) is 0 Å². The van der Waals surface area contributed by atoms with Gasteiger partial charge in [0.15, 0.2) is 17.3 Å². The molecule has 0 radical (unpaired) electrons. The summed E-state index contributed by atoms with van der Waals surface area (Å²) in [4.78, 5) is 18.0. The Kier molecular flexibility index (Phi) is 7.42. The molecule has 184 valence electrons. The number of pyridine rings is 1. The number of aromatic nitrogens is 4. The van der Waals surface area contributed by atoms with Crippen LogP contribution in [-0.2, 0) is 0 Å². The lowest BCUT2D eigenvalue weighted by Gasteiger charge is -2.23. The minimum Gasteiger partial charge on any atom is -0.375 e. The van der Waals surface area contributed by atoms with E-state index in [0.717, 1.165) is 69.3 Å². The van der Waals surface area contributed by atoms with E-state index in [2.05, 4.69) is 43.4 Å². The first-order valence-corrected chi connectivity index (χ1v) is 13.1. The average molecular weight is 506 g/mol. The van der Waals surface area contributed by atoms with E-state index in [0.29, 0.717) is 5.56 Å². The molecule has 0 bridgehead atoms. The normalized spacial score (nSPS) is 10.9. The molecule has 0 amide bonds. The van der Waals surface area contributed by atoms with Crippen LogP contribution in [0.2, 0.25) is 0 Å². The van der Waals surface area contributed by atoms with Crippen LogP contribution in [0.5, 0.6) is 0 Å². The molecule has 5 aromatic rings. The average Bonchev–Trinajstić information content (AvgIpc) is 3.39. The van der Waals surface area contributed by atoms with Gasteiger partial charge < -0.3 is 4.90 Å². The van der Waals surface area contributed by atoms with Gasteiger partial charge in [-0.25, -0.2) is 0 Å². The molecular weight excluding hydrogens is 478 g/mol. The molecule has 6 nitrogen and oxygen atoms in total. The van der Waals surface area contributed by atoms with E-state index < -0.39 is 0 Å². The Morgan fingerprint density at radius 1 is 0.973 bits per heavy atom. The summed E-state index contributed by atoms with van der Waals surface area (Å²) in [5, 5.41) is 11.9. The molecule has 0 N–H and O–H groups in total. The standard InChI is InChI=1S/C30H27N5OS/c1-22(27-14-7-10-23-9-6-11-25(21-36)28(23)27)34(2)19-8-20-37-30-33-32-29(24-15-17-31-18-16-24)35(30)26-12-4-3-5-13-26/h3-7,9-18,21H,1,8,19-20H2,2H3. The second kappa shape index (κ2) is 11.2. The fourth-order valence-corrected chi connectivity index (χ4v) is 5.25. The molecule has 37 heavy (non-hydrogen) atoms. The van der Waals surface area contributed by atoms with Crippen LogP contribution in [-0.4, -0.2) is 50.3 Å². The summed E-state index contributed by atoms with van der Waals surface area (Å²) >= 11 is 1.69. The number of para-hydroxylation sites is 1. The maximum Gasteiger partial charge on any atom is 0.196 e.